The van der Waals surface area contributed by atoms with Crippen LogP contribution in [0.15, 0.2) is 72.8 Å². The van der Waals surface area contributed by atoms with Crippen molar-refractivity contribution in [2.24, 2.45) is 0 Å². The van der Waals surface area contributed by atoms with Gasteiger partial charge < -0.3 is 19.4 Å². The maximum atomic E-state index is 8.88. The number of aryl methyl sites for hydroxylation is 1. The van der Waals surface area contributed by atoms with Crippen LogP contribution in [-0.4, -0.2) is 21.3 Å². The van der Waals surface area contributed by atoms with Crippen LogP contribution in [0.2, 0.25) is 0 Å². The number of benzene rings is 3. The highest BCUT2D eigenvalue weighted by atomic mass is 31.2. The molecule has 3 N–H and O–H groups in total. The zero-order chi connectivity index (χ0) is 19.9. The Balaban J connectivity index is 0.000000465. The fourth-order valence-corrected chi connectivity index (χ4v) is 2.83. The first-order chi connectivity index (χ1) is 12.8. The molecule has 142 valence electrons. The van der Waals surface area contributed by atoms with E-state index in [4.69, 9.17) is 24.0 Å². The summed E-state index contributed by atoms with van der Waals surface area (Å²) in [5.74, 6) is 0.943. The van der Waals surface area contributed by atoms with E-state index in [0.717, 1.165) is 5.75 Å². The Kier molecular flexibility index (Phi) is 7.34. The van der Waals surface area contributed by atoms with Crippen molar-refractivity contribution in [3.05, 3.63) is 78.4 Å². The summed E-state index contributed by atoms with van der Waals surface area (Å²) in [6.07, 6.45) is 0. The SMILES string of the molecule is CCOc1ccc(C)c(-c2ccccc2)c1-c1ccccc1.O=P(O)(O)O. The largest absolute Gasteiger partial charge is 0.493 e. The Hall–Kier alpha value is -2.43. The molecular weight excluding hydrogens is 363 g/mol. The predicted molar refractivity (Wildman–Crippen MR) is 107 cm³/mol. The third-order valence-electron chi connectivity index (χ3n) is 3.80. The zero-order valence-electron chi connectivity index (χ0n) is 15.2. The van der Waals surface area contributed by atoms with E-state index >= 15 is 0 Å². The monoisotopic (exact) mass is 386 g/mol. The Morgan fingerprint density at radius 2 is 1.22 bits per heavy atom. The molecule has 0 unspecified atom stereocenters. The second-order valence-electron chi connectivity index (χ2n) is 5.81. The highest BCUT2D eigenvalue weighted by Gasteiger charge is 2.15. The molecule has 0 amide bonds. The number of hydrogen-bond acceptors (Lipinski definition) is 2. The molecule has 6 heteroatoms. The van der Waals surface area contributed by atoms with Gasteiger partial charge in [0.25, 0.3) is 0 Å². The number of hydrogen-bond donors (Lipinski definition) is 3. The van der Waals surface area contributed by atoms with Crippen LogP contribution in [0.25, 0.3) is 22.3 Å². The van der Waals surface area contributed by atoms with Crippen molar-refractivity contribution in [3.63, 3.8) is 0 Å². The molecule has 0 spiro atoms. The van der Waals surface area contributed by atoms with Crippen molar-refractivity contribution in [1.82, 2.24) is 0 Å². The van der Waals surface area contributed by atoms with Crippen LogP contribution in [0.5, 0.6) is 5.75 Å². The van der Waals surface area contributed by atoms with Gasteiger partial charge in [0, 0.05) is 5.56 Å². The second-order valence-corrected chi connectivity index (χ2v) is 6.84. The van der Waals surface area contributed by atoms with Gasteiger partial charge in [-0.15, -0.1) is 0 Å². The summed E-state index contributed by atoms with van der Waals surface area (Å²) >= 11 is 0. The van der Waals surface area contributed by atoms with Crippen LogP contribution in [0.4, 0.5) is 0 Å². The smallest absolute Gasteiger partial charge is 0.466 e. The van der Waals surface area contributed by atoms with E-state index in [1.54, 1.807) is 0 Å². The molecule has 0 heterocycles. The molecule has 0 aliphatic rings. The molecule has 5 nitrogen and oxygen atoms in total. The van der Waals surface area contributed by atoms with Crippen molar-refractivity contribution < 1.29 is 24.0 Å². The lowest BCUT2D eigenvalue weighted by Gasteiger charge is -2.18. The minimum Gasteiger partial charge on any atom is -0.493 e. The number of phosphoric acid groups is 1. The molecule has 27 heavy (non-hydrogen) atoms. The molecule has 0 aliphatic heterocycles. The van der Waals surface area contributed by atoms with E-state index in [0.29, 0.717) is 6.61 Å². The molecule has 0 bridgehead atoms. The molecule has 0 saturated heterocycles. The maximum absolute atomic E-state index is 8.88. The Morgan fingerprint density at radius 3 is 1.67 bits per heavy atom. The first kappa shape index (κ1) is 20.9. The van der Waals surface area contributed by atoms with Gasteiger partial charge in [-0.05, 0) is 42.2 Å². The van der Waals surface area contributed by atoms with E-state index in [9.17, 15) is 0 Å². The van der Waals surface area contributed by atoms with Crippen molar-refractivity contribution in [3.8, 4) is 28.0 Å². The Labute approximate surface area is 159 Å². The minimum absolute atomic E-state index is 0.664. The lowest BCUT2D eigenvalue weighted by molar-refractivity contribution is 0.275. The Morgan fingerprint density at radius 1 is 0.778 bits per heavy atom. The van der Waals surface area contributed by atoms with Crippen molar-refractivity contribution in [1.29, 1.82) is 0 Å². The van der Waals surface area contributed by atoms with Gasteiger partial charge in [-0.1, -0.05) is 66.7 Å². The summed E-state index contributed by atoms with van der Waals surface area (Å²) in [6.45, 7) is 4.85. The lowest BCUT2D eigenvalue weighted by atomic mass is 9.90. The van der Waals surface area contributed by atoms with Crippen molar-refractivity contribution >= 4 is 7.82 Å². The predicted octanol–water partition coefficient (Wildman–Crippen LogP) is 4.80. The second kappa shape index (κ2) is 9.49. The highest BCUT2D eigenvalue weighted by molar-refractivity contribution is 7.45. The van der Waals surface area contributed by atoms with Crippen molar-refractivity contribution in [2.75, 3.05) is 6.61 Å². The summed E-state index contributed by atoms with van der Waals surface area (Å²) < 4.78 is 14.8. The first-order valence-electron chi connectivity index (χ1n) is 8.46. The Bertz CT molecular complexity index is 896. The van der Waals surface area contributed by atoms with Gasteiger partial charge in [-0.25, -0.2) is 4.57 Å². The van der Waals surface area contributed by atoms with Crippen LogP contribution in [-0.2, 0) is 4.57 Å². The number of ether oxygens (including phenoxy) is 1. The first-order valence-corrected chi connectivity index (χ1v) is 10.0. The lowest BCUT2D eigenvalue weighted by Crippen LogP contribution is -1.97. The van der Waals surface area contributed by atoms with Crippen LogP contribution >= 0.6 is 7.82 Å². The summed E-state index contributed by atoms with van der Waals surface area (Å²) in [4.78, 5) is 21.6. The van der Waals surface area contributed by atoms with Gasteiger partial charge in [0.15, 0.2) is 0 Å². The van der Waals surface area contributed by atoms with E-state index in [-0.39, 0.29) is 0 Å². The molecule has 0 atom stereocenters. The van der Waals surface area contributed by atoms with E-state index in [1.165, 1.54) is 27.8 Å². The summed E-state index contributed by atoms with van der Waals surface area (Å²) in [5, 5.41) is 0. The van der Waals surface area contributed by atoms with Gasteiger partial charge in [0.1, 0.15) is 5.75 Å². The molecule has 3 rings (SSSR count). The van der Waals surface area contributed by atoms with E-state index in [1.807, 2.05) is 19.1 Å². The third kappa shape index (κ3) is 6.35. The van der Waals surface area contributed by atoms with Crippen LogP contribution in [0.3, 0.4) is 0 Å². The molecule has 3 aromatic carbocycles. The van der Waals surface area contributed by atoms with Crippen molar-refractivity contribution in [2.45, 2.75) is 13.8 Å². The molecule has 3 aromatic rings. The van der Waals surface area contributed by atoms with Crippen LogP contribution < -0.4 is 4.74 Å². The fourth-order valence-electron chi connectivity index (χ4n) is 2.83. The quantitative estimate of drug-likeness (QED) is 0.561. The summed E-state index contributed by atoms with van der Waals surface area (Å²) in [6, 6.07) is 25.2. The topological polar surface area (TPSA) is 87.0 Å². The molecule has 0 fully saturated rings. The minimum atomic E-state index is -4.64. The fraction of sp³-hybridized carbons (Fsp3) is 0.143. The van der Waals surface area contributed by atoms with Gasteiger partial charge in [0.2, 0.25) is 0 Å². The average Bonchev–Trinajstić information content (AvgIpc) is 2.63. The summed E-state index contributed by atoms with van der Waals surface area (Å²) in [7, 11) is -4.64. The van der Waals surface area contributed by atoms with Gasteiger partial charge >= 0.3 is 7.82 Å². The molecule has 0 saturated carbocycles. The van der Waals surface area contributed by atoms with Crippen LogP contribution in [0, 0.1) is 6.92 Å². The standard InChI is InChI=1S/C21H20O.H3O4P/c1-3-22-19-15-14-16(2)20(17-10-6-4-7-11-17)21(19)18-12-8-5-9-13-18;1-5(2,3)4/h4-15H,3H2,1-2H3;(H3,1,2,3,4). The normalized spacial score (nSPS) is 10.7. The molecule has 0 radical (unpaired) electrons. The molecule has 0 aliphatic carbocycles. The summed E-state index contributed by atoms with van der Waals surface area (Å²) in [5.41, 5.74) is 6.09. The van der Waals surface area contributed by atoms with Gasteiger partial charge in [-0.2, -0.15) is 0 Å². The molecular formula is C21H23O5P. The van der Waals surface area contributed by atoms with E-state index < -0.39 is 7.82 Å². The zero-order valence-corrected chi connectivity index (χ0v) is 16.1. The van der Waals surface area contributed by atoms with Gasteiger partial charge in [-0.3, -0.25) is 0 Å². The molecule has 0 aromatic heterocycles. The third-order valence-corrected chi connectivity index (χ3v) is 3.80. The maximum Gasteiger partial charge on any atom is 0.466 e. The highest BCUT2D eigenvalue weighted by Crippen LogP contribution is 2.41. The van der Waals surface area contributed by atoms with Gasteiger partial charge in [0.05, 0.1) is 6.61 Å². The average molecular weight is 386 g/mol. The number of rotatable bonds is 4. The van der Waals surface area contributed by atoms with E-state index in [2.05, 4.69) is 67.6 Å². The van der Waals surface area contributed by atoms with Crippen LogP contribution in [0.1, 0.15) is 12.5 Å².